The Morgan fingerprint density at radius 3 is 2.94 bits per heavy atom. The number of alkyl halides is 3. The minimum atomic E-state index is -4.05. The monoisotopic (exact) mass is 266 g/mol. The Morgan fingerprint density at radius 1 is 1.35 bits per heavy atom. The van der Waals surface area contributed by atoms with E-state index < -0.39 is 12.6 Å². The zero-order valence-corrected chi connectivity index (χ0v) is 10.4. The van der Waals surface area contributed by atoms with Crippen molar-refractivity contribution >= 4 is 16.9 Å². The molecule has 98 valence electrons. The first-order valence-corrected chi connectivity index (χ1v) is 7.04. The summed E-state index contributed by atoms with van der Waals surface area (Å²) in [5.74, 6) is 1.80. The highest BCUT2D eigenvalue weighted by molar-refractivity contribution is 8.13. The summed E-state index contributed by atoms with van der Waals surface area (Å²) in [4.78, 5) is 4.22. The van der Waals surface area contributed by atoms with Crippen molar-refractivity contribution in [2.75, 3.05) is 12.3 Å². The number of nitrogens with zero attached hydrogens (tertiary/aromatic N) is 1. The van der Waals surface area contributed by atoms with Crippen LogP contribution >= 0.6 is 11.8 Å². The Kier molecular flexibility index (Phi) is 4.22. The van der Waals surface area contributed by atoms with Gasteiger partial charge in [-0.25, -0.2) is 0 Å². The molecule has 1 aliphatic carbocycles. The molecule has 1 saturated carbocycles. The van der Waals surface area contributed by atoms with Crippen molar-refractivity contribution in [2.24, 2.45) is 10.9 Å². The second-order valence-electron chi connectivity index (χ2n) is 4.66. The van der Waals surface area contributed by atoms with Gasteiger partial charge in [-0.15, -0.1) is 0 Å². The highest BCUT2D eigenvalue weighted by atomic mass is 32.2. The summed E-state index contributed by atoms with van der Waals surface area (Å²) < 4.78 is 35.8. The third-order valence-corrected chi connectivity index (χ3v) is 4.39. The first-order valence-electron chi connectivity index (χ1n) is 6.05. The van der Waals surface area contributed by atoms with Gasteiger partial charge in [-0.1, -0.05) is 18.2 Å². The fourth-order valence-corrected chi connectivity index (χ4v) is 3.55. The van der Waals surface area contributed by atoms with Crippen LogP contribution < -0.4 is 5.32 Å². The number of nitrogens with one attached hydrogen (secondary N) is 1. The van der Waals surface area contributed by atoms with Gasteiger partial charge in [0.05, 0.1) is 0 Å². The number of halogens is 3. The van der Waals surface area contributed by atoms with E-state index in [-0.39, 0.29) is 13.0 Å². The maximum absolute atomic E-state index is 11.9. The molecule has 0 radical (unpaired) electrons. The Labute approximate surface area is 103 Å². The second kappa shape index (κ2) is 5.50. The molecule has 6 heteroatoms. The normalized spacial score (nSPS) is 31.4. The van der Waals surface area contributed by atoms with E-state index in [4.69, 9.17) is 0 Å². The maximum Gasteiger partial charge on any atom is 0.389 e. The Hall–Kier alpha value is -0.390. The molecule has 2 atom stereocenters. The maximum atomic E-state index is 11.9. The van der Waals surface area contributed by atoms with Crippen LogP contribution in [0.2, 0.25) is 0 Å². The van der Waals surface area contributed by atoms with E-state index in [1.807, 2.05) is 0 Å². The summed E-state index contributed by atoms with van der Waals surface area (Å²) in [6.07, 6.45) is -1.00. The molecule has 1 saturated heterocycles. The largest absolute Gasteiger partial charge is 0.389 e. The molecule has 17 heavy (non-hydrogen) atoms. The van der Waals surface area contributed by atoms with Crippen molar-refractivity contribution in [3.63, 3.8) is 0 Å². The zero-order valence-electron chi connectivity index (χ0n) is 9.59. The summed E-state index contributed by atoms with van der Waals surface area (Å²) in [5, 5.41) is 4.19. The van der Waals surface area contributed by atoms with Gasteiger partial charge < -0.3 is 5.32 Å². The van der Waals surface area contributed by atoms with Crippen LogP contribution in [-0.2, 0) is 0 Å². The minimum absolute atomic E-state index is 0.0866. The van der Waals surface area contributed by atoms with Gasteiger partial charge in [0, 0.05) is 24.8 Å². The number of amidine groups is 1. The molecule has 0 aromatic carbocycles. The van der Waals surface area contributed by atoms with Gasteiger partial charge in [0.2, 0.25) is 0 Å². The molecule has 2 rings (SSSR count). The third kappa shape index (κ3) is 4.08. The molecule has 0 spiro atoms. The Balaban J connectivity index is 1.71. The molecule has 0 aromatic heterocycles. The van der Waals surface area contributed by atoms with Gasteiger partial charge in [-0.3, -0.25) is 4.99 Å². The Morgan fingerprint density at radius 2 is 2.18 bits per heavy atom. The van der Waals surface area contributed by atoms with Crippen LogP contribution in [0, 0.1) is 5.92 Å². The molecule has 1 aliphatic heterocycles. The van der Waals surface area contributed by atoms with E-state index in [2.05, 4.69) is 10.3 Å². The fraction of sp³-hybridized carbons (Fsp3) is 0.909. The smallest absolute Gasteiger partial charge is 0.362 e. The molecule has 2 nitrogen and oxygen atoms in total. The molecule has 1 N–H and O–H groups in total. The van der Waals surface area contributed by atoms with Crippen molar-refractivity contribution in [1.29, 1.82) is 0 Å². The molecular formula is C11H17F3N2S. The highest BCUT2D eigenvalue weighted by Crippen LogP contribution is 2.32. The molecule has 0 aromatic rings. The topological polar surface area (TPSA) is 24.4 Å². The molecule has 2 fully saturated rings. The summed E-state index contributed by atoms with van der Waals surface area (Å²) in [5.41, 5.74) is 0. The van der Waals surface area contributed by atoms with Crippen LogP contribution in [0.25, 0.3) is 0 Å². The van der Waals surface area contributed by atoms with Gasteiger partial charge in [0.25, 0.3) is 0 Å². The third-order valence-electron chi connectivity index (χ3n) is 3.28. The first-order chi connectivity index (χ1) is 8.04. The van der Waals surface area contributed by atoms with Crippen molar-refractivity contribution in [1.82, 2.24) is 5.32 Å². The Bertz CT molecular complexity index is 291. The lowest BCUT2D eigenvalue weighted by Gasteiger charge is -2.28. The number of hydrogen-bond acceptors (Lipinski definition) is 2. The van der Waals surface area contributed by atoms with Gasteiger partial charge >= 0.3 is 6.18 Å². The van der Waals surface area contributed by atoms with Crippen molar-refractivity contribution in [2.45, 2.75) is 44.3 Å². The van der Waals surface area contributed by atoms with E-state index in [0.29, 0.717) is 6.04 Å². The van der Waals surface area contributed by atoms with Gasteiger partial charge in [0.1, 0.15) is 0 Å². The molecule has 0 amide bonds. The number of hydrogen-bond donors (Lipinski definition) is 1. The van der Waals surface area contributed by atoms with E-state index >= 15 is 0 Å². The predicted molar refractivity (Wildman–Crippen MR) is 64.3 cm³/mol. The second-order valence-corrected chi connectivity index (χ2v) is 5.67. The fourth-order valence-electron chi connectivity index (χ4n) is 2.36. The first kappa shape index (κ1) is 13.1. The van der Waals surface area contributed by atoms with Crippen LogP contribution in [0.4, 0.5) is 13.2 Å². The lowest BCUT2D eigenvalue weighted by molar-refractivity contribution is -0.134. The highest BCUT2D eigenvalue weighted by Gasteiger charge is 2.32. The summed E-state index contributed by atoms with van der Waals surface area (Å²) in [6.45, 7) is 0.270. The van der Waals surface area contributed by atoms with Gasteiger partial charge in [-0.2, -0.15) is 13.2 Å². The minimum Gasteiger partial charge on any atom is -0.362 e. The SMILES string of the molecule is FC(F)(F)CCCN=C1NC2CCCC2CS1. The number of rotatable bonds is 3. The standard InChI is InChI=1S/C11H17F3N2S/c12-11(13,14)5-2-6-15-10-16-9-4-1-3-8(9)7-17-10/h8-9H,1-7H2,(H,15,16). The number of aliphatic imine (C=N–C) groups is 1. The quantitative estimate of drug-likeness (QED) is 0.793. The zero-order chi connectivity index (χ0) is 12.3. The van der Waals surface area contributed by atoms with Gasteiger partial charge in [-0.05, 0) is 25.2 Å². The van der Waals surface area contributed by atoms with E-state index in [1.165, 1.54) is 19.3 Å². The molecular weight excluding hydrogens is 249 g/mol. The molecule has 0 bridgehead atoms. The average Bonchev–Trinajstić information content (AvgIpc) is 2.70. The summed E-state index contributed by atoms with van der Waals surface area (Å²) >= 11 is 1.66. The van der Waals surface area contributed by atoms with Crippen LogP contribution in [-0.4, -0.2) is 29.7 Å². The summed E-state index contributed by atoms with van der Waals surface area (Å²) in [6, 6.07) is 0.512. The van der Waals surface area contributed by atoms with Crippen LogP contribution in [0.5, 0.6) is 0 Å². The van der Waals surface area contributed by atoms with Crippen molar-refractivity contribution in [3.05, 3.63) is 0 Å². The van der Waals surface area contributed by atoms with Crippen LogP contribution in [0.3, 0.4) is 0 Å². The lowest BCUT2D eigenvalue weighted by atomic mass is 10.1. The van der Waals surface area contributed by atoms with Crippen LogP contribution in [0.15, 0.2) is 4.99 Å². The number of fused-ring (bicyclic) bond motifs is 1. The summed E-state index contributed by atoms with van der Waals surface area (Å²) in [7, 11) is 0. The van der Waals surface area contributed by atoms with E-state index in [9.17, 15) is 13.2 Å². The van der Waals surface area contributed by atoms with Crippen molar-refractivity contribution < 1.29 is 13.2 Å². The molecule has 2 unspecified atom stereocenters. The van der Waals surface area contributed by atoms with E-state index in [1.54, 1.807) is 11.8 Å². The van der Waals surface area contributed by atoms with Crippen molar-refractivity contribution in [3.8, 4) is 0 Å². The molecule has 2 aliphatic rings. The predicted octanol–water partition coefficient (Wildman–Crippen LogP) is 3.19. The lowest BCUT2D eigenvalue weighted by Crippen LogP contribution is -2.41. The number of thioether (sulfide) groups is 1. The van der Waals surface area contributed by atoms with Crippen LogP contribution in [0.1, 0.15) is 32.1 Å². The average molecular weight is 266 g/mol. The molecule has 1 heterocycles. The van der Waals surface area contributed by atoms with E-state index in [0.717, 1.165) is 16.8 Å². The van der Waals surface area contributed by atoms with Gasteiger partial charge in [0.15, 0.2) is 5.17 Å².